The second-order valence-electron chi connectivity index (χ2n) is 3.73. The van der Waals surface area contributed by atoms with Crippen LogP contribution in [0.3, 0.4) is 0 Å². The summed E-state index contributed by atoms with van der Waals surface area (Å²) in [6.07, 6.45) is 1.31. The summed E-state index contributed by atoms with van der Waals surface area (Å²) >= 11 is 0. The van der Waals surface area contributed by atoms with Gasteiger partial charge in [0.1, 0.15) is 17.3 Å². The van der Waals surface area contributed by atoms with Crippen LogP contribution in [0.25, 0.3) is 11.3 Å². The average Bonchev–Trinajstić information content (AvgIpc) is 2.83. The Morgan fingerprint density at radius 3 is 3.00 bits per heavy atom. The standard InChI is InChI=1S/C13H15FN2O2/c1-3-15-7-10-13(18-8-16-10)12-9(14)5-4-6-11(12)17-2/h4-6,8,15H,3,7H2,1-2H3. The average molecular weight is 250 g/mol. The van der Waals surface area contributed by atoms with Crippen LogP contribution in [0.5, 0.6) is 5.75 Å². The predicted molar refractivity (Wildman–Crippen MR) is 65.8 cm³/mol. The minimum Gasteiger partial charge on any atom is -0.496 e. The van der Waals surface area contributed by atoms with Crippen LogP contribution < -0.4 is 10.1 Å². The first-order valence-electron chi connectivity index (χ1n) is 5.73. The third-order valence-corrected chi connectivity index (χ3v) is 2.61. The molecule has 18 heavy (non-hydrogen) atoms. The third kappa shape index (κ3) is 2.36. The summed E-state index contributed by atoms with van der Waals surface area (Å²) in [7, 11) is 1.50. The van der Waals surface area contributed by atoms with Gasteiger partial charge < -0.3 is 14.5 Å². The molecule has 1 aromatic carbocycles. The van der Waals surface area contributed by atoms with E-state index in [2.05, 4.69) is 10.3 Å². The molecule has 0 fully saturated rings. The molecule has 0 amide bonds. The molecule has 0 aliphatic heterocycles. The summed E-state index contributed by atoms with van der Waals surface area (Å²) in [5.41, 5.74) is 0.977. The minimum atomic E-state index is -0.385. The van der Waals surface area contributed by atoms with E-state index in [9.17, 15) is 4.39 Å². The SMILES string of the molecule is CCNCc1ncoc1-c1c(F)cccc1OC. The first-order chi connectivity index (χ1) is 8.77. The molecule has 1 N–H and O–H groups in total. The van der Waals surface area contributed by atoms with Crippen molar-refractivity contribution in [1.82, 2.24) is 10.3 Å². The van der Waals surface area contributed by atoms with E-state index in [1.165, 1.54) is 19.6 Å². The molecule has 0 unspecified atom stereocenters. The van der Waals surface area contributed by atoms with Crippen molar-refractivity contribution in [1.29, 1.82) is 0 Å². The highest BCUT2D eigenvalue weighted by atomic mass is 19.1. The zero-order valence-electron chi connectivity index (χ0n) is 10.4. The number of aromatic nitrogens is 1. The number of halogens is 1. The van der Waals surface area contributed by atoms with Crippen LogP contribution in [0, 0.1) is 5.82 Å². The van der Waals surface area contributed by atoms with Crippen molar-refractivity contribution in [3.8, 4) is 17.1 Å². The lowest BCUT2D eigenvalue weighted by Crippen LogP contribution is -2.12. The van der Waals surface area contributed by atoms with E-state index in [-0.39, 0.29) is 5.82 Å². The van der Waals surface area contributed by atoms with E-state index in [0.717, 1.165) is 6.54 Å². The van der Waals surface area contributed by atoms with Gasteiger partial charge in [-0.15, -0.1) is 0 Å². The lowest BCUT2D eigenvalue weighted by molar-refractivity contribution is 0.411. The highest BCUT2D eigenvalue weighted by Gasteiger charge is 2.19. The van der Waals surface area contributed by atoms with E-state index < -0.39 is 0 Å². The molecule has 4 nitrogen and oxygen atoms in total. The fourth-order valence-electron chi connectivity index (χ4n) is 1.74. The Morgan fingerprint density at radius 1 is 1.44 bits per heavy atom. The summed E-state index contributed by atoms with van der Waals surface area (Å²) < 4.78 is 24.4. The first kappa shape index (κ1) is 12.6. The van der Waals surface area contributed by atoms with E-state index in [1.54, 1.807) is 12.1 Å². The smallest absolute Gasteiger partial charge is 0.181 e. The molecule has 2 aromatic rings. The molecule has 0 aliphatic rings. The maximum atomic E-state index is 13.9. The molecule has 2 rings (SSSR count). The van der Waals surface area contributed by atoms with Crippen molar-refractivity contribution < 1.29 is 13.5 Å². The van der Waals surface area contributed by atoms with Crippen LogP contribution >= 0.6 is 0 Å². The molecular weight excluding hydrogens is 235 g/mol. The van der Waals surface area contributed by atoms with Gasteiger partial charge in [-0.05, 0) is 18.7 Å². The number of rotatable bonds is 5. The lowest BCUT2D eigenvalue weighted by atomic mass is 10.1. The Hall–Kier alpha value is -1.88. The van der Waals surface area contributed by atoms with Crippen LogP contribution in [0.4, 0.5) is 4.39 Å². The fraction of sp³-hybridized carbons (Fsp3) is 0.308. The molecular formula is C13H15FN2O2. The highest BCUT2D eigenvalue weighted by molar-refractivity contribution is 5.68. The molecule has 0 radical (unpaired) electrons. The van der Waals surface area contributed by atoms with Crippen LogP contribution in [0.15, 0.2) is 29.0 Å². The van der Waals surface area contributed by atoms with Crippen LogP contribution in [-0.2, 0) is 6.54 Å². The van der Waals surface area contributed by atoms with E-state index >= 15 is 0 Å². The van der Waals surface area contributed by atoms with Gasteiger partial charge in [-0.25, -0.2) is 9.37 Å². The molecule has 0 aliphatic carbocycles. The van der Waals surface area contributed by atoms with Gasteiger partial charge in [-0.1, -0.05) is 13.0 Å². The zero-order chi connectivity index (χ0) is 13.0. The zero-order valence-corrected chi connectivity index (χ0v) is 10.4. The maximum Gasteiger partial charge on any atom is 0.181 e. The van der Waals surface area contributed by atoms with E-state index in [0.29, 0.717) is 29.3 Å². The Labute approximate surface area is 105 Å². The summed E-state index contributed by atoms with van der Waals surface area (Å²) in [6.45, 7) is 3.32. The second-order valence-corrected chi connectivity index (χ2v) is 3.73. The fourth-order valence-corrected chi connectivity index (χ4v) is 1.74. The van der Waals surface area contributed by atoms with Gasteiger partial charge >= 0.3 is 0 Å². The van der Waals surface area contributed by atoms with Gasteiger partial charge in [0.05, 0.1) is 12.7 Å². The lowest BCUT2D eigenvalue weighted by Gasteiger charge is -2.08. The highest BCUT2D eigenvalue weighted by Crippen LogP contribution is 2.34. The van der Waals surface area contributed by atoms with Crippen molar-refractivity contribution in [3.63, 3.8) is 0 Å². The number of methoxy groups -OCH3 is 1. The Balaban J connectivity index is 2.45. The Morgan fingerprint density at radius 2 is 2.28 bits per heavy atom. The number of hydrogen-bond acceptors (Lipinski definition) is 4. The quantitative estimate of drug-likeness (QED) is 0.886. The van der Waals surface area contributed by atoms with Crippen molar-refractivity contribution >= 4 is 0 Å². The summed E-state index contributed by atoms with van der Waals surface area (Å²) in [4.78, 5) is 4.10. The molecule has 1 heterocycles. The Bertz CT molecular complexity index is 525. The van der Waals surface area contributed by atoms with Gasteiger partial charge in [0.2, 0.25) is 0 Å². The molecule has 1 aromatic heterocycles. The van der Waals surface area contributed by atoms with Gasteiger partial charge in [-0.2, -0.15) is 0 Å². The van der Waals surface area contributed by atoms with Crippen LogP contribution in [-0.4, -0.2) is 18.6 Å². The van der Waals surface area contributed by atoms with Gasteiger partial charge in [0, 0.05) is 6.54 Å². The minimum absolute atomic E-state index is 0.311. The van der Waals surface area contributed by atoms with Crippen molar-refractivity contribution in [2.24, 2.45) is 0 Å². The largest absolute Gasteiger partial charge is 0.496 e. The van der Waals surface area contributed by atoms with E-state index in [4.69, 9.17) is 9.15 Å². The number of ether oxygens (including phenoxy) is 1. The van der Waals surface area contributed by atoms with E-state index in [1.807, 2.05) is 6.92 Å². The van der Waals surface area contributed by atoms with Crippen LogP contribution in [0.1, 0.15) is 12.6 Å². The molecule has 96 valence electrons. The molecule has 0 spiro atoms. The Kier molecular flexibility index (Phi) is 3.94. The van der Waals surface area contributed by atoms with Crippen LogP contribution in [0.2, 0.25) is 0 Å². The molecule has 0 bridgehead atoms. The molecule has 0 saturated carbocycles. The molecule has 0 saturated heterocycles. The number of benzene rings is 1. The monoisotopic (exact) mass is 250 g/mol. The summed E-state index contributed by atoms with van der Waals surface area (Å²) in [6, 6.07) is 4.66. The number of nitrogens with zero attached hydrogens (tertiary/aromatic N) is 1. The topological polar surface area (TPSA) is 47.3 Å². The molecule has 5 heteroatoms. The number of oxazole rings is 1. The second kappa shape index (κ2) is 5.64. The number of nitrogens with one attached hydrogen (secondary N) is 1. The van der Waals surface area contributed by atoms with Crippen molar-refractivity contribution in [2.75, 3.05) is 13.7 Å². The third-order valence-electron chi connectivity index (χ3n) is 2.61. The summed E-state index contributed by atoms with van der Waals surface area (Å²) in [5, 5.41) is 3.13. The number of hydrogen-bond donors (Lipinski definition) is 1. The predicted octanol–water partition coefficient (Wildman–Crippen LogP) is 2.60. The molecule has 0 atom stereocenters. The summed E-state index contributed by atoms with van der Waals surface area (Å²) in [5.74, 6) is 0.458. The van der Waals surface area contributed by atoms with Crippen molar-refractivity contribution in [2.45, 2.75) is 13.5 Å². The van der Waals surface area contributed by atoms with Crippen molar-refractivity contribution in [3.05, 3.63) is 36.1 Å². The van der Waals surface area contributed by atoms with Gasteiger partial charge in [-0.3, -0.25) is 0 Å². The normalized spacial score (nSPS) is 10.6. The van der Waals surface area contributed by atoms with Gasteiger partial charge in [0.15, 0.2) is 12.2 Å². The first-order valence-corrected chi connectivity index (χ1v) is 5.73. The maximum absolute atomic E-state index is 13.9. The van der Waals surface area contributed by atoms with Gasteiger partial charge in [0.25, 0.3) is 0 Å².